The van der Waals surface area contributed by atoms with Gasteiger partial charge in [0.05, 0.1) is 13.2 Å². The van der Waals surface area contributed by atoms with E-state index in [2.05, 4.69) is 13.2 Å². The highest BCUT2D eigenvalue weighted by Crippen LogP contribution is 2.14. The molecule has 80 valence electrons. The number of allylic oxidation sites excluding steroid dienone is 1. The van der Waals surface area contributed by atoms with E-state index >= 15 is 0 Å². The lowest BCUT2D eigenvalue weighted by molar-refractivity contribution is 0.279. The van der Waals surface area contributed by atoms with Crippen LogP contribution in [0.25, 0.3) is 0 Å². The summed E-state index contributed by atoms with van der Waals surface area (Å²) in [7, 11) is 0. The SMILES string of the molecule is C=CC(=C)CCOc1cccc(CO)c1. The molecule has 15 heavy (non-hydrogen) atoms. The van der Waals surface area contributed by atoms with Crippen LogP contribution in [0, 0.1) is 0 Å². The van der Waals surface area contributed by atoms with Gasteiger partial charge in [-0.3, -0.25) is 0 Å². The van der Waals surface area contributed by atoms with E-state index in [0.717, 1.165) is 23.3 Å². The molecule has 0 bridgehead atoms. The van der Waals surface area contributed by atoms with Gasteiger partial charge in [0.1, 0.15) is 5.75 Å². The molecule has 0 saturated heterocycles. The first kappa shape index (κ1) is 11.5. The summed E-state index contributed by atoms with van der Waals surface area (Å²) in [5.74, 6) is 0.776. The molecular formula is C13H16O2. The largest absolute Gasteiger partial charge is 0.493 e. The van der Waals surface area contributed by atoms with E-state index in [1.165, 1.54) is 0 Å². The van der Waals surface area contributed by atoms with Gasteiger partial charge in [0, 0.05) is 6.42 Å². The topological polar surface area (TPSA) is 29.5 Å². The van der Waals surface area contributed by atoms with Gasteiger partial charge in [-0.1, -0.05) is 36.9 Å². The van der Waals surface area contributed by atoms with Crippen LogP contribution in [0.5, 0.6) is 5.75 Å². The highest BCUT2D eigenvalue weighted by molar-refractivity contribution is 5.28. The molecule has 2 nitrogen and oxygen atoms in total. The number of aliphatic hydroxyl groups excluding tert-OH is 1. The van der Waals surface area contributed by atoms with E-state index in [1.54, 1.807) is 6.08 Å². The zero-order valence-corrected chi connectivity index (χ0v) is 8.78. The van der Waals surface area contributed by atoms with Crippen LogP contribution in [0.1, 0.15) is 12.0 Å². The third-order valence-electron chi connectivity index (χ3n) is 2.06. The average Bonchev–Trinajstić information content (AvgIpc) is 2.29. The maximum absolute atomic E-state index is 8.93. The van der Waals surface area contributed by atoms with Crippen molar-refractivity contribution < 1.29 is 9.84 Å². The molecule has 0 saturated carbocycles. The zero-order valence-electron chi connectivity index (χ0n) is 8.78. The van der Waals surface area contributed by atoms with Crippen molar-refractivity contribution in [2.24, 2.45) is 0 Å². The molecule has 0 fully saturated rings. The minimum atomic E-state index is 0.0383. The number of aliphatic hydroxyl groups is 1. The number of hydrogen-bond acceptors (Lipinski definition) is 2. The molecule has 0 amide bonds. The average molecular weight is 204 g/mol. The molecule has 2 heteroatoms. The summed E-state index contributed by atoms with van der Waals surface area (Å²) in [6, 6.07) is 7.42. The van der Waals surface area contributed by atoms with Crippen LogP contribution in [0.4, 0.5) is 0 Å². The van der Waals surface area contributed by atoms with Crippen molar-refractivity contribution in [2.75, 3.05) is 6.61 Å². The number of ether oxygens (including phenoxy) is 1. The standard InChI is InChI=1S/C13H16O2/c1-3-11(2)7-8-15-13-6-4-5-12(9-13)10-14/h3-6,9,14H,1-2,7-8,10H2. The summed E-state index contributed by atoms with van der Waals surface area (Å²) in [6.45, 7) is 8.05. The first-order chi connectivity index (χ1) is 7.26. The first-order valence-corrected chi connectivity index (χ1v) is 4.89. The molecule has 0 radical (unpaired) electrons. The Balaban J connectivity index is 2.43. The molecule has 1 rings (SSSR count). The third kappa shape index (κ3) is 4.00. The third-order valence-corrected chi connectivity index (χ3v) is 2.06. The van der Waals surface area contributed by atoms with Crippen molar-refractivity contribution in [3.05, 3.63) is 54.6 Å². The Morgan fingerprint density at radius 2 is 2.27 bits per heavy atom. The molecule has 0 aliphatic heterocycles. The van der Waals surface area contributed by atoms with Crippen molar-refractivity contribution in [3.8, 4) is 5.75 Å². The van der Waals surface area contributed by atoms with Crippen molar-refractivity contribution >= 4 is 0 Å². The molecule has 1 aromatic rings. The van der Waals surface area contributed by atoms with E-state index in [9.17, 15) is 0 Å². The number of hydrogen-bond donors (Lipinski definition) is 1. The maximum Gasteiger partial charge on any atom is 0.119 e. The van der Waals surface area contributed by atoms with E-state index in [4.69, 9.17) is 9.84 Å². The van der Waals surface area contributed by atoms with Crippen LogP contribution in [0.15, 0.2) is 49.1 Å². The van der Waals surface area contributed by atoms with Crippen LogP contribution in [0.3, 0.4) is 0 Å². The summed E-state index contributed by atoms with van der Waals surface area (Å²) in [5, 5.41) is 8.93. The van der Waals surface area contributed by atoms with Crippen LogP contribution in [0.2, 0.25) is 0 Å². The fourth-order valence-electron chi connectivity index (χ4n) is 1.14. The summed E-state index contributed by atoms with van der Waals surface area (Å²) in [5.41, 5.74) is 1.82. The summed E-state index contributed by atoms with van der Waals surface area (Å²) < 4.78 is 5.50. The van der Waals surface area contributed by atoms with Gasteiger partial charge >= 0.3 is 0 Å². The lowest BCUT2D eigenvalue weighted by Crippen LogP contribution is -1.98. The Morgan fingerprint density at radius 3 is 2.93 bits per heavy atom. The van der Waals surface area contributed by atoms with E-state index in [-0.39, 0.29) is 6.61 Å². The van der Waals surface area contributed by atoms with Crippen molar-refractivity contribution in [3.63, 3.8) is 0 Å². The number of benzene rings is 1. The molecule has 0 aliphatic carbocycles. The molecule has 0 aromatic heterocycles. The van der Waals surface area contributed by atoms with Crippen LogP contribution >= 0.6 is 0 Å². The Kier molecular flexibility index (Phi) is 4.64. The van der Waals surface area contributed by atoms with Gasteiger partial charge in [0.15, 0.2) is 0 Å². The Morgan fingerprint density at radius 1 is 1.47 bits per heavy atom. The van der Waals surface area contributed by atoms with Crippen molar-refractivity contribution in [2.45, 2.75) is 13.0 Å². The maximum atomic E-state index is 8.93. The zero-order chi connectivity index (χ0) is 11.1. The predicted molar refractivity (Wildman–Crippen MR) is 61.8 cm³/mol. The number of rotatable bonds is 6. The Bertz CT molecular complexity index is 342. The minimum Gasteiger partial charge on any atom is -0.493 e. The minimum absolute atomic E-state index is 0.0383. The molecule has 0 atom stereocenters. The van der Waals surface area contributed by atoms with Gasteiger partial charge in [-0.2, -0.15) is 0 Å². The predicted octanol–water partition coefficient (Wildman–Crippen LogP) is 2.69. The van der Waals surface area contributed by atoms with Gasteiger partial charge < -0.3 is 9.84 Å². The fourth-order valence-corrected chi connectivity index (χ4v) is 1.14. The van der Waals surface area contributed by atoms with Gasteiger partial charge in [-0.05, 0) is 17.7 Å². The van der Waals surface area contributed by atoms with E-state index in [0.29, 0.717) is 6.61 Å². The molecule has 1 aromatic carbocycles. The van der Waals surface area contributed by atoms with Gasteiger partial charge in [0.2, 0.25) is 0 Å². The molecular weight excluding hydrogens is 188 g/mol. The van der Waals surface area contributed by atoms with Gasteiger partial charge in [0.25, 0.3) is 0 Å². The molecule has 0 heterocycles. The van der Waals surface area contributed by atoms with E-state index in [1.807, 2.05) is 24.3 Å². The van der Waals surface area contributed by atoms with Crippen molar-refractivity contribution in [1.82, 2.24) is 0 Å². The monoisotopic (exact) mass is 204 g/mol. The van der Waals surface area contributed by atoms with Crippen LogP contribution in [-0.2, 0) is 6.61 Å². The Hall–Kier alpha value is -1.54. The van der Waals surface area contributed by atoms with E-state index < -0.39 is 0 Å². The quantitative estimate of drug-likeness (QED) is 0.722. The van der Waals surface area contributed by atoms with Crippen LogP contribution < -0.4 is 4.74 Å². The lowest BCUT2D eigenvalue weighted by atomic mass is 10.2. The second kappa shape index (κ2) is 6.04. The molecule has 0 unspecified atom stereocenters. The molecule has 1 N–H and O–H groups in total. The van der Waals surface area contributed by atoms with Crippen molar-refractivity contribution in [1.29, 1.82) is 0 Å². The first-order valence-electron chi connectivity index (χ1n) is 4.89. The normalized spacial score (nSPS) is 9.67. The molecule has 0 aliphatic rings. The van der Waals surface area contributed by atoms with Crippen LogP contribution in [-0.4, -0.2) is 11.7 Å². The fraction of sp³-hybridized carbons (Fsp3) is 0.231. The lowest BCUT2D eigenvalue weighted by Gasteiger charge is -2.06. The summed E-state index contributed by atoms with van der Waals surface area (Å²) in [6.07, 6.45) is 2.50. The summed E-state index contributed by atoms with van der Waals surface area (Å²) in [4.78, 5) is 0. The highest BCUT2D eigenvalue weighted by Gasteiger charge is 1.96. The summed E-state index contributed by atoms with van der Waals surface area (Å²) >= 11 is 0. The highest BCUT2D eigenvalue weighted by atomic mass is 16.5. The molecule has 0 spiro atoms. The van der Waals surface area contributed by atoms with Gasteiger partial charge in [-0.15, -0.1) is 0 Å². The van der Waals surface area contributed by atoms with Gasteiger partial charge in [-0.25, -0.2) is 0 Å². The smallest absolute Gasteiger partial charge is 0.119 e. The Labute approximate surface area is 90.5 Å². The second-order valence-corrected chi connectivity index (χ2v) is 3.27. The second-order valence-electron chi connectivity index (χ2n) is 3.27.